The van der Waals surface area contributed by atoms with E-state index in [1.54, 1.807) is 18.5 Å². The van der Waals surface area contributed by atoms with Gasteiger partial charge >= 0.3 is 6.09 Å². The Bertz CT molecular complexity index is 1570. The number of H-pyrrole nitrogens is 1. The average Bonchev–Trinajstić information content (AvgIpc) is 3.74. The molecule has 6 rings (SSSR count). The van der Waals surface area contributed by atoms with Gasteiger partial charge in [-0.05, 0) is 54.8 Å². The zero-order valence-electron chi connectivity index (χ0n) is 21.2. The molecule has 0 saturated heterocycles. The molecule has 2 aliphatic rings. The molecular weight excluding hydrogens is 520 g/mol. The Balaban J connectivity index is 1.31. The van der Waals surface area contributed by atoms with Crippen molar-refractivity contribution in [2.45, 2.75) is 18.8 Å². The fourth-order valence-corrected chi connectivity index (χ4v) is 5.22. The van der Waals surface area contributed by atoms with Crippen molar-refractivity contribution in [3.63, 3.8) is 0 Å². The van der Waals surface area contributed by atoms with Gasteiger partial charge in [0.15, 0.2) is 0 Å². The summed E-state index contributed by atoms with van der Waals surface area (Å²) in [5, 5.41) is 9.11. The average molecular weight is 546 g/mol. The molecule has 4 N–H and O–H groups in total. The van der Waals surface area contributed by atoms with Crippen molar-refractivity contribution in [3.05, 3.63) is 83.0 Å². The molecule has 0 saturated carbocycles. The first-order chi connectivity index (χ1) is 19.0. The monoisotopic (exact) mass is 545 g/mol. The number of carbonyl (C=O) groups excluding carboxylic acids is 1. The molecule has 11 nitrogen and oxygen atoms in total. The Hall–Kier alpha value is -4.61. The zero-order valence-corrected chi connectivity index (χ0v) is 22.0. The first kappa shape index (κ1) is 24.7. The second-order valence-electron chi connectivity index (χ2n) is 9.11. The largest absolute Gasteiger partial charge is 0.453 e. The summed E-state index contributed by atoms with van der Waals surface area (Å²) >= 11 is 6.40. The van der Waals surface area contributed by atoms with Gasteiger partial charge < -0.3 is 9.72 Å². The molecule has 4 aromatic rings. The number of fused-ring (bicyclic) bond motifs is 1. The van der Waals surface area contributed by atoms with E-state index < -0.39 is 6.09 Å². The van der Waals surface area contributed by atoms with Gasteiger partial charge in [0.25, 0.3) is 0 Å². The van der Waals surface area contributed by atoms with Gasteiger partial charge in [-0.3, -0.25) is 10.2 Å². The van der Waals surface area contributed by atoms with Crippen molar-refractivity contribution < 1.29 is 19.1 Å². The van der Waals surface area contributed by atoms with Gasteiger partial charge in [0.2, 0.25) is 11.9 Å². The van der Waals surface area contributed by atoms with Crippen LogP contribution >= 0.6 is 11.6 Å². The van der Waals surface area contributed by atoms with Crippen LogP contribution in [0.3, 0.4) is 0 Å². The lowest BCUT2D eigenvalue weighted by atomic mass is 10.0. The third-order valence-corrected chi connectivity index (χ3v) is 7.11. The number of aryl methyl sites for hydroxylation is 1. The van der Waals surface area contributed by atoms with E-state index >= 15 is 0 Å². The van der Waals surface area contributed by atoms with Crippen LogP contribution in [0.5, 0.6) is 0 Å². The number of anilines is 2. The predicted molar refractivity (Wildman–Crippen MR) is 147 cm³/mol. The standard InChI is InChI=1S/C27H25ClN8O3/c1-38-27(37)31-20-7-3-16(4-8-20)23-13-29-26(32-23)21-9-5-17-11-18(14-36(39-2)25(17)21)22-12-19(28)6-10-24(22)35-15-30-33-34-35/h3-4,6-8,10-15,21,33-34H,5,9H2,1-2H3,(H-,29,31,32,37)/p+1. The maximum absolute atomic E-state index is 11.5. The van der Waals surface area contributed by atoms with E-state index in [2.05, 4.69) is 37.3 Å². The minimum Gasteiger partial charge on any atom is -0.453 e. The highest BCUT2D eigenvalue weighted by molar-refractivity contribution is 6.31. The van der Waals surface area contributed by atoms with E-state index in [0.29, 0.717) is 10.7 Å². The van der Waals surface area contributed by atoms with Crippen molar-refractivity contribution in [2.75, 3.05) is 24.5 Å². The number of methoxy groups -OCH3 is 1. The minimum absolute atomic E-state index is 0.0402. The number of benzene rings is 2. The number of hydrazine groups is 2. The van der Waals surface area contributed by atoms with E-state index in [-0.39, 0.29) is 5.92 Å². The molecule has 2 aromatic heterocycles. The van der Waals surface area contributed by atoms with E-state index in [9.17, 15) is 4.79 Å². The molecule has 1 aliphatic heterocycles. The lowest BCUT2D eigenvalue weighted by Crippen LogP contribution is -2.45. The fraction of sp³-hybridized carbons (Fsp3) is 0.185. The van der Waals surface area contributed by atoms with Crippen LogP contribution in [0.1, 0.15) is 29.4 Å². The molecule has 0 radical (unpaired) electrons. The summed E-state index contributed by atoms with van der Waals surface area (Å²) in [6.07, 6.45) is 6.73. The second kappa shape index (κ2) is 10.3. The molecule has 1 aliphatic carbocycles. The summed E-state index contributed by atoms with van der Waals surface area (Å²) in [4.78, 5) is 25.5. The normalized spacial score (nSPS) is 15.7. The second-order valence-corrected chi connectivity index (χ2v) is 9.55. The third-order valence-electron chi connectivity index (χ3n) is 6.87. The summed E-state index contributed by atoms with van der Waals surface area (Å²) < 4.78 is 6.47. The van der Waals surface area contributed by atoms with Crippen molar-refractivity contribution >= 4 is 35.4 Å². The molecular formula is C27H26ClN8O3+. The van der Waals surface area contributed by atoms with Crippen LogP contribution in [0, 0.1) is 0 Å². The Kier molecular flexibility index (Phi) is 6.51. The Morgan fingerprint density at radius 3 is 2.74 bits per heavy atom. The highest BCUT2D eigenvalue weighted by Crippen LogP contribution is 2.39. The number of pyridine rings is 1. The number of nitrogens with one attached hydrogen (secondary N) is 4. The first-order valence-corrected chi connectivity index (χ1v) is 12.7. The topological polar surface area (TPSA) is 120 Å². The summed E-state index contributed by atoms with van der Waals surface area (Å²) in [6, 6.07) is 15.4. The van der Waals surface area contributed by atoms with Crippen molar-refractivity contribution in [1.82, 2.24) is 21.0 Å². The molecule has 12 heteroatoms. The summed E-state index contributed by atoms with van der Waals surface area (Å²) in [5.41, 5.74) is 13.3. The Morgan fingerprint density at radius 1 is 1.15 bits per heavy atom. The molecule has 0 spiro atoms. The number of nitrogens with zero attached hydrogens (tertiary/aromatic N) is 4. The van der Waals surface area contributed by atoms with Crippen LogP contribution in [0.15, 0.2) is 66.0 Å². The SMILES string of the molecule is COC(=O)Nc1ccc(-c2cnc(C3CCc4cc(-c5cc(Cl)ccc5N5C=NNN5)c[n+](OC)c43)[nH]2)cc1. The number of hydrogen-bond acceptors (Lipinski definition) is 8. The summed E-state index contributed by atoms with van der Waals surface area (Å²) in [6.45, 7) is 0. The van der Waals surface area contributed by atoms with Crippen LogP contribution in [0.2, 0.25) is 5.02 Å². The van der Waals surface area contributed by atoms with Gasteiger partial charge in [-0.2, -0.15) is 5.10 Å². The predicted octanol–water partition coefficient (Wildman–Crippen LogP) is 3.77. The van der Waals surface area contributed by atoms with Crippen LogP contribution < -0.4 is 31.0 Å². The zero-order chi connectivity index (χ0) is 26.9. The smallest absolute Gasteiger partial charge is 0.411 e. The molecule has 39 heavy (non-hydrogen) atoms. The highest BCUT2D eigenvalue weighted by Gasteiger charge is 2.38. The minimum atomic E-state index is -0.508. The quantitative estimate of drug-likeness (QED) is 0.272. The number of hydrazone groups is 1. The van der Waals surface area contributed by atoms with E-state index in [4.69, 9.17) is 21.4 Å². The molecule has 0 fully saturated rings. The number of amides is 1. The van der Waals surface area contributed by atoms with E-state index in [1.807, 2.05) is 59.6 Å². The fourth-order valence-electron chi connectivity index (χ4n) is 5.05. The number of rotatable bonds is 6. The van der Waals surface area contributed by atoms with Crippen molar-refractivity contribution in [1.29, 1.82) is 0 Å². The van der Waals surface area contributed by atoms with Gasteiger partial charge in [-0.15, -0.1) is 5.53 Å². The lowest BCUT2D eigenvalue weighted by molar-refractivity contribution is -0.890. The molecule has 198 valence electrons. The molecule has 1 unspecified atom stereocenters. The van der Waals surface area contributed by atoms with Gasteiger partial charge in [0, 0.05) is 26.6 Å². The number of aromatic amines is 1. The molecule has 2 aromatic carbocycles. The molecule has 1 atom stereocenters. The number of carbonyl (C=O) groups is 1. The lowest BCUT2D eigenvalue weighted by Gasteiger charge is -2.18. The van der Waals surface area contributed by atoms with Crippen molar-refractivity contribution in [2.24, 2.45) is 5.10 Å². The van der Waals surface area contributed by atoms with Gasteiger partial charge in [-0.1, -0.05) is 23.7 Å². The van der Waals surface area contributed by atoms with Crippen LogP contribution in [-0.2, 0) is 11.2 Å². The van der Waals surface area contributed by atoms with Gasteiger partial charge in [0.05, 0.1) is 30.3 Å². The first-order valence-electron chi connectivity index (χ1n) is 12.3. The number of ether oxygens (including phenoxy) is 1. The number of hydrogen-bond donors (Lipinski definition) is 4. The highest BCUT2D eigenvalue weighted by atomic mass is 35.5. The van der Waals surface area contributed by atoms with Crippen LogP contribution in [0.25, 0.3) is 22.4 Å². The summed E-state index contributed by atoms with van der Waals surface area (Å²) in [7, 11) is 2.99. The number of aromatic nitrogens is 3. The van der Waals surface area contributed by atoms with E-state index in [0.717, 1.165) is 52.4 Å². The summed E-state index contributed by atoms with van der Waals surface area (Å²) in [5.74, 6) is 0.907. The Morgan fingerprint density at radius 2 is 2.00 bits per heavy atom. The third kappa shape index (κ3) is 4.73. The molecule has 3 heterocycles. The Labute approximate surface area is 229 Å². The number of imidazole rings is 1. The van der Waals surface area contributed by atoms with Gasteiger partial charge in [0.1, 0.15) is 25.2 Å². The van der Waals surface area contributed by atoms with Crippen molar-refractivity contribution in [3.8, 4) is 22.4 Å². The molecule has 1 amide bonds. The van der Waals surface area contributed by atoms with Gasteiger partial charge in [-0.25, -0.2) is 20.3 Å². The van der Waals surface area contributed by atoms with E-state index in [1.165, 1.54) is 12.7 Å². The van der Waals surface area contributed by atoms with Crippen LogP contribution in [-0.4, -0.2) is 36.6 Å². The van der Waals surface area contributed by atoms with Crippen LogP contribution in [0.4, 0.5) is 16.2 Å². The molecule has 0 bridgehead atoms. The maximum Gasteiger partial charge on any atom is 0.411 e. The number of halogens is 1. The maximum atomic E-state index is 11.5.